The average molecular weight is 406 g/mol. The third-order valence-electron chi connectivity index (χ3n) is 6.47. The van der Waals surface area contributed by atoms with Gasteiger partial charge in [0.1, 0.15) is 11.4 Å². The van der Waals surface area contributed by atoms with Crippen molar-refractivity contribution in [2.45, 2.75) is 25.2 Å². The van der Waals surface area contributed by atoms with Gasteiger partial charge in [0.15, 0.2) is 0 Å². The fourth-order valence-corrected chi connectivity index (χ4v) is 5.10. The van der Waals surface area contributed by atoms with Crippen LogP contribution in [0.25, 0.3) is 0 Å². The van der Waals surface area contributed by atoms with Crippen LogP contribution in [-0.4, -0.2) is 42.0 Å². The molecule has 2 saturated heterocycles. The second-order valence-electron chi connectivity index (χ2n) is 8.44. The Morgan fingerprint density at radius 3 is 2.77 bits per heavy atom. The number of benzene rings is 2. The summed E-state index contributed by atoms with van der Waals surface area (Å²) in [5.74, 6) is -1.69. The van der Waals surface area contributed by atoms with Crippen molar-refractivity contribution in [3.63, 3.8) is 0 Å². The van der Waals surface area contributed by atoms with Crippen LogP contribution in [0.5, 0.6) is 0 Å². The number of ether oxygens (including phenoxy) is 1. The monoisotopic (exact) mass is 406 g/mol. The van der Waals surface area contributed by atoms with E-state index in [0.717, 1.165) is 5.56 Å². The lowest BCUT2D eigenvalue weighted by atomic mass is 9.76. The summed E-state index contributed by atoms with van der Waals surface area (Å²) in [5, 5.41) is 0. The van der Waals surface area contributed by atoms with Crippen LogP contribution in [0, 0.1) is 24.6 Å². The summed E-state index contributed by atoms with van der Waals surface area (Å²) in [6, 6.07) is 14.2. The number of aryl methyl sites for hydroxylation is 1. The molecule has 3 aliphatic heterocycles. The van der Waals surface area contributed by atoms with E-state index in [1.54, 1.807) is 29.8 Å². The highest BCUT2D eigenvalue weighted by molar-refractivity contribution is 6.03. The van der Waals surface area contributed by atoms with Crippen LogP contribution in [0.15, 0.2) is 60.7 Å². The van der Waals surface area contributed by atoms with Gasteiger partial charge in [0.2, 0.25) is 11.8 Å². The molecule has 6 heteroatoms. The first kappa shape index (κ1) is 19.0. The normalized spacial score (nSPS) is 28.8. The van der Waals surface area contributed by atoms with Crippen LogP contribution in [0.4, 0.5) is 10.1 Å². The van der Waals surface area contributed by atoms with Crippen LogP contribution in [0.1, 0.15) is 11.1 Å². The van der Waals surface area contributed by atoms with E-state index in [1.807, 2.05) is 42.5 Å². The lowest BCUT2D eigenvalue weighted by Gasteiger charge is -2.28. The van der Waals surface area contributed by atoms with Crippen molar-refractivity contribution in [3.8, 4) is 0 Å². The van der Waals surface area contributed by atoms with Gasteiger partial charge in [0.25, 0.3) is 0 Å². The van der Waals surface area contributed by atoms with Crippen molar-refractivity contribution in [2.24, 2.45) is 11.8 Å². The van der Waals surface area contributed by atoms with Crippen LogP contribution < -0.4 is 4.90 Å². The van der Waals surface area contributed by atoms with Gasteiger partial charge in [-0.05, 0) is 36.2 Å². The maximum Gasteiger partial charge on any atom is 0.234 e. The fourth-order valence-electron chi connectivity index (χ4n) is 5.10. The molecule has 154 valence electrons. The molecule has 0 unspecified atom stereocenters. The minimum atomic E-state index is -0.795. The number of anilines is 1. The Morgan fingerprint density at radius 2 is 2.03 bits per heavy atom. The van der Waals surface area contributed by atoms with Crippen LogP contribution in [-0.2, 0) is 20.9 Å². The summed E-state index contributed by atoms with van der Waals surface area (Å²) in [5.41, 5.74) is 1.58. The zero-order chi connectivity index (χ0) is 21.0. The summed E-state index contributed by atoms with van der Waals surface area (Å²) >= 11 is 0. The molecule has 2 aromatic carbocycles. The molecule has 5 nitrogen and oxygen atoms in total. The smallest absolute Gasteiger partial charge is 0.234 e. The zero-order valence-electron chi connectivity index (χ0n) is 16.9. The maximum absolute atomic E-state index is 13.6. The summed E-state index contributed by atoms with van der Waals surface area (Å²) in [7, 11) is 1.76. The van der Waals surface area contributed by atoms with E-state index in [-0.39, 0.29) is 23.7 Å². The first-order chi connectivity index (χ1) is 14.4. The number of fused-ring (bicyclic) bond motifs is 1. The van der Waals surface area contributed by atoms with E-state index in [1.165, 1.54) is 12.1 Å². The molecular formula is C24H23FN2O3. The van der Waals surface area contributed by atoms with E-state index < -0.39 is 17.4 Å². The SMILES string of the molecule is Cc1cc(F)ccc1N1C[C@]23C=C[C@H](O2)[C@@H](C(=O)N(C)Cc2ccccc2)[C@H]3C1=O. The molecule has 3 aliphatic rings. The molecule has 3 heterocycles. The third-order valence-corrected chi connectivity index (χ3v) is 6.47. The van der Waals surface area contributed by atoms with Crippen LogP contribution in [0.3, 0.4) is 0 Å². The van der Waals surface area contributed by atoms with Crippen molar-refractivity contribution in [2.75, 3.05) is 18.5 Å². The van der Waals surface area contributed by atoms with E-state index in [2.05, 4.69) is 0 Å². The molecule has 5 rings (SSSR count). The lowest BCUT2D eigenvalue weighted by Crippen LogP contribution is -2.44. The van der Waals surface area contributed by atoms with Crippen molar-refractivity contribution in [3.05, 3.63) is 77.6 Å². The zero-order valence-corrected chi connectivity index (χ0v) is 16.9. The number of halogens is 1. The number of rotatable bonds is 4. The van der Waals surface area contributed by atoms with Gasteiger partial charge in [-0.2, -0.15) is 0 Å². The summed E-state index contributed by atoms with van der Waals surface area (Å²) < 4.78 is 19.8. The van der Waals surface area contributed by atoms with Crippen LogP contribution >= 0.6 is 0 Å². The molecule has 30 heavy (non-hydrogen) atoms. The predicted molar refractivity (Wildman–Crippen MR) is 110 cm³/mol. The average Bonchev–Trinajstić information content (AvgIpc) is 3.36. The molecule has 0 saturated carbocycles. The second-order valence-corrected chi connectivity index (χ2v) is 8.44. The van der Waals surface area contributed by atoms with Crippen molar-refractivity contribution >= 4 is 17.5 Å². The summed E-state index contributed by atoms with van der Waals surface area (Å²) in [6.07, 6.45) is 3.45. The molecule has 0 aliphatic carbocycles. The van der Waals surface area contributed by atoms with Gasteiger partial charge < -0.3 is 14.5 Å². The fraction of sp³-hybridized carbons (Fsp3) is 0.333. The maximum atomic E-state index is 13.6. The molecular weight excluding hydrogens is 383 g/mol. The first-order valence-electron chi connectivity index (χ1n) is 10.1. The Kier molecular flexibility index (Phi) is 4.29. The van der Waals surface area contributed by atoms with E-state index in [4.69, 9.17) is 4.74 Å². The molecule has 0 aromatic heterocycles. The largest absolute Gasteiger partial charge is 0.360 e. The molecule has 0 radical (unpaired) electrons. The number of nitrogens with zero attached hydrogens (tertiary/aromatic N) is 2. The predicted octanol–water partition coefficient (Wildman–Crippen LogP) is 3.08. The quantitative estimate of drug-likeness (QED) is 0.734. The Morgan fingerprint density at radius 1 is 1.27 bits per heavy atom. The van der Waals surface area contributed by atoms with Gasteiger partial charge >= 0.3 is 0 Å². The molecule has 2 fully saturated rings. The van der Waals surface area contributed by atoms with Gasteiger partial charge in [-0.25, -0.2) is 4.39 Å². The number of carbonyl (C=O) groups excluding carboxylic acids is 2. The van der Waals surface area contributed by atoms with Gasteiger partial charge in [-0.1, -0.05) is 42.5 Å². The molecule has 2 amide bonds. The minimum Gasteiger partial charge on any atom is -0.360 e. The van der Waals surface area contributed by atoms with Gasteiger partial charge in [0.05, 0.1) is 24.5 Å². The third kappa shape index (κ3) is 2.78. The first-order valence-corrected chi connectivity index (χ1v) is 10.1. The van der Waals surface area contributed by atoms with Gasteiger partial charge in [-0.3, -0.25) is 9.59 Å². The molecule has 2 aromatic rings. The van der Waals surface area contributed by atoms with Crippen molar-refractivity contribution in [1.82, 2.24) is 4.90 Å². The second kappa shape index (κ2) is 6.77. The topological polar surface area (TPSA) is 49.9 Å². The molecule has 0 N–H and O–H groups in total. The van der Waals surface area contributed by atoms with E-state index in [9.17, 15) is 14.0 Å². The van der Waals surface area contributed by atoms with Crippen LogP contribution in [0.2, 0.25) is 0 Å². The Balaban J connectivity index is 1.43. The van der Waals surface area contributed by atoms with Crippen molar-refractivity contribution in [1.29, 1.82) is 0 Å². The molecule has 1 spiro atoms. The number of hydrogen-bond acceptors (Lipinski definition) is 3. The highest BCUT2D eigenvalue weighted by atomic mass is 19.1. The summed E-state index contributed by atoms with van der Waals surface area (Å²) in [4.78, 5) is 30.1. The lowest BCUT2D eigenvalue weighted by molar-refractivity contribution is -0.139. The minimum absolute atomic E-state index is 0.0916. The Labute approximate surface area is 174 Å². The number of amides is 2. The molecule has 2 bridgehead atoms. The van der Waals surface area contributed by atoms with Gasteiger partial charge in [0, 0.05) is 19.3 Å². The van der Waals surface area contributed by atoms with Gasteiger partial charge in [-0.15, -0.1) is 0 Å². The molecule has 4 atom stereocenters. The van der Waals surface area contributed by atoms with E-state index >= 15 is 0 Å². The highest BCUT2D eigenvalue weighted by Crippen LogP contribution is 2.53. The Hall–Kier alpha value is -2.99. The highest BCUT2D eigenvalue weighted by Gasteiger charge is 2.67. The van der Waals surface area contributed by atoms with E-state index in [0.29, 0.717) is 24.3 Å². The Bertz CT molecular complexity index is 1050. The number of hydrogen-bond donors (Lipinski definition) is 0. The standard InChI is InChI=1S/C24H23FN2O3/c1-15-12-17(25)8-9-18(15)27-14-24-11-10-19(30-24)20(21(24)23(27)29)22(28)26(2)13-16-6-4-3-5-7-16/h3-12,19-21H,13-14H2,1-2H3/t19-,20+,21-,24-/m0/s1. The van der Waals surface area contributed by atoms with Crippen molar-refractivity contribution < 1.29 is 18.7 Å². The number of carbonyl (C=O) groups is 2. The summed E-state index contributed by atoms with van der Waals surface area (Å²) in [6.45, 7) is 2.59.